The van der Waals surface area contributed by atoms with Crippen molar-refractivity contribution in [2.24, 2.45) is 11.8 Å². The van der Waals surface area contributed by atoms with Gasteiger partial charge in [0.1, 0.15) is 12.6 Å². The van der Waals surface area contributed by atoms with E-state index in [1.165, 1.54) is 18.4 Å². The van der Waals surface area contributed by atoms with Gasteiger partial charge in [0.25, 0.3) is 0 Å². The van der Waals surface area contributed by atoms with Crippen LogP contribution in [0.4, 0.5) is 4.79 Å². The van der Waals surface area contributed by atoms with Crippen molar-refractivity contribution in [1.29, 1.82) is 0 Å². The number of hydrogen-bond donors (Lipinski definition) is 2. The Labute approximate surface area is 117 Å². The minimum Gasteiger partial charge on any atom is -0.480 e. The van der Waals surface area contributed by atoms with E-state index in [1.54, 1.807) is 0 Å². The van der Waals surface area contributed by atoms with Crippen LogP contribution >= 0.6 is 0 Å². The van der Waals surface area contributed by atoms with Crippen LogP contribution in [-0.2, 0) is 14.3 Å². The molecule has 1 aliphatic carbocycles. The molecule has 2 atom stereocenters. The summed E-state index contributed by atoms with van der Waals surface area (Å²) in [6.07, 6.45) is 3.26. The molecule has 1 unspecified atom stereocenters. The zero-order valence-electron chi connectivity index (χ0n) is 11.5. The number of methoxy groups -OCH3 is 1. The Bertz CT molecular complexity index is 408. The molecule has 2 amide bonds. The third-order valence-corrected chi connectivity index (χ3v) is 4.32. The Kier molecular flexibility index (Phi) is 4.46. The molecule has 2 N–H and O–H groups in total. The third kappa shape index (κ3) is 3.02. The summed E-state index contributed by atoms with van der Waals surface area (Å²) in [5, 5.41) is 11.5. The normalized spacial score (nSPS) is 25.9. The SMILES string of the molecule is COC(=O)NCC(=O)N1CC(C2CCC2)C[C@H]1C(=O)O. The van der Waals surface area contributed by atoms with Gasteiger partial charge in [-0.2, -0.15) is 0 Å². The van der Waals surface area contributed by atoms with E-state index in [0.29, 0.717) is 18.9 Å². The molecule has 0 aromatic heterocycles. The molecule has 7 nitrogen and oxygen atoms in total. The predicted octanol–water partition coefficient (Wildman–Crippen LogP) is 0.444. The van der Waals surface area contributed by atoms with E-state index in [1.807, 2.05) is 0 Å². The van der Waals surface area contributed by atoms with Gasteiger partial charge in [-0.25, -0.2) is 9.59 Å². The van der Waals surface area contributed by atoms with E-state index in [2.05, 4.69) is 10.1 Å². The molecular formula is C13H20N2O5. The van der Waals surface area contributed by atoms with E-state index in [-0.39, 0.29) is 18.4 Å². The maximum atomic E-state index is 12.0. The standard InChI is InChI=1S/C13H20N2O5/c1-20-13(19)14-6-11(16)15-7-9(8-3-2-4-8)5-10(15)12(17)18/h8-10H,2-7H2,1H3,(H,14,19)(H,17,18)/t9?,10-/m0/s1. The smallest absolute Gasteiger partial charge is 0.407 e. The quantitative estimate of drug-likeness (QED) is 0.781. The Hall–Kier alpha value is -1.79. The summed E-state index contributed by atoms with van der Waals surface area (Å²) in [5.74, 6) is -0.530. The van der Waals surface area contributed by atoms with Crippen LogP contribution in [-0.4, -0.2) is 54.2 Å². The van der Waals surface area contributed by atoms with E-state index < -0.39 is 18.1 Å². The number of alkyl carbamates (subject to hydrolysis) is 1. The molecule has 1 aliphatic heterocycles. The number of aliphatic carboxylic acids is 1. The zero-order chi connectivity index (χ0) is 14.7. The first-order chi connectivity index (χ1) is 9.52. The van der Waals surface area contributed by atoms with Crippen molar-refractivity contribution < 1.29 is 24.2 Å². The van der Waals surface area contributed by atoms with Crippen molar-refractivity contribution in [3.05, 3.63) is 0 Å². The summed E-state index contributed by atoms with van der Waals surface area (Å²) in [7, 11) is 1.21. The molecule has 0 spiro atoms. The average Bonchev–Trinajstić information content (AvgIpc) is 2.78. The van der Waals surface area contributed by atoms with Gasteiger partial charge >= 0.3 is 12.1 Å². The topological polar surface area (TPSA) is 95.9 Å². The first-order valence-electron chi connectivity index (χ1n) is 6.87. The van der Waals surface area contributed by atoms with Gasteiger partial charge in [-0.05, 0) is 18.3 Å². The van der Waals surface area contributed by atoms with Crippen LogP contribution in [0.1, 0.15) is 25.7 Å². The molecule has 1 heterocycles. The van der Waals surface area contributed by atoms with Crippen LogP contribution in [0.3, 0.4) is 0 Å². The second kappa shape index (κ2) is 6.11. The molecule has 2 rings (SSSR count). The van der Waals surface area contributed by atoms with Crippen LogP contribution < -0.4 is 5.32 Å². The molecule has 0 radical (unpaired) electrons. The van der Waals surface area contributed by atoms with Crippen LogP contribution in [0.15, 0.2) is 0 Å². The van der Waals surface area contributed by atoms with E-state index in [4.69, 9.17) is 0 Å². The minimum atomic E-state index is -0.974. The van der Waals surface area contributed by atoms with Crippen LogP contribution in [0.2, 0.25) is 0 Å². The summed E-state index contributed by atoms with van der Waals surface area (Å²) in [5.41, 5.74) is 0. The molecule has 0 bridgehead atoms. The number of ether oxygens (including phenoxy) is 1. The summed E-state index contributed by atoms with van der Waals surface area (Å²) in [4.78, 5) is 35.7. The lowest BCUT2D eigenvalue weighted by atomic mass is 9.75. The number of amides is 2. The fourth-order valence-electron chi connectivity index (χ4n) is 2.95. The maximum absolute atomic E-state index is 12.0. The second-order valence-electron chi connectivity index (χ2n) is 5.43. The highest BCUT2D eigenvalue weighted by molar-refractivity contribution is 5.87. The van der Waals surface area contributed by atoms with Gasteiger partial charge in [0.2, 0.25) is 5.91 Å². The van der Waals surface area contributed by atoms with Crippen molar-refractivity contribution in [3.8, 4) is 0 Å². The number of carbonyl (C=O) groups excluding carboxylic acids is 2. The van der Waals surface area contributed by atoms with Crippen molar-refractivity contribution >= 4 is 18.0 Å². The lowest BCUT2D eigenvalue weighted by molar-refractivity contribution is -0.147. The Morgan fingerprint density at radius 1 is 1.30 bits per heavy atom. The number of carbonyl (C=O) groups is 3. The number of likely N-dealkylation sites (tertiary alicyclic amines) is 1. The largest absolute Gasteiger partial charge is 0.480 e. The fraction of sp³-hybridized carbons (Fsp3) is 0.769. The Balaban J connectivity index is 1.94. The van der Waals surface area contributed by atoms with Gasteiger partial charge in [0, 0.05) is 6.54 Å². The third-order valence-electron chi connectivity index (χ3n) is 4.32. The fourth-order valence-corrected chi connectivity index (χ4v) is 2.95. The Morgan fingerprint density at radius 3 is 2.50 bits per heavy atom. The number of nitrogens with one attached hydrogen (secondary N) is 1. The van der Waals surface area contributed by atoms with Gasteiger partial charge in [-0.15, -0.1) is 0 Å². The number of hydrogen-bond acceptors (Lipinski definition) is 4. The first kappa shape index (κ1) is 14.6. The average molecular weight is 284 g/mol. The molecule has 1 saturated carbocycles. The van der Waals surface area contributed by atoms with E-state index in [0.717, 1.165) is 12.8 Å². The van der Waals surface area contributed by atoms with Crippen molar-refractivity contribution in [2.45, 2.75) is 31.7 Å². The van der Waals surface area contributed by atoms with Gasteiger partial charge in [0.15, 0.2) is 0 Å². The lowest BCUT2D eigenvalue weighted by Gasteiger charge is -2.31. The summed E-state index contributed by atoms with van der Waals surface area (Å²) in [6, 6.07) is -0.771. The minimum absolute atomic E-state index is 0.228. The molecular weight excluding hydrogens is 264 g/mol. The number of carboxylic acid groups (broad SMARTS) is 1. The van der Waals surface area contributed by atoms with Crippen LogP contribution in [0, 0.1) is 11.8 Å². The molecule has 2 fully saturated rings. The summed E-state index contributed by atoms with van der Waals surface area (Å²) in [6.45, 7) is 0.247. The van der Waals surface area contributed by atoms with Crippen molar-refractivity contribution in [2.75, 3.05) is 20.2 Å². The van der Waals surface area contributed by atoms with Gasteiger partial charge in [-0.3, -0.25) is 4.79 Å². The number of carboxylic acids is 1. The first-order valence-corrected chi connectivity index (χ1v) is 6.87. The maximum Gasteiger partial charge on any atom is 0.407 e. The van der Waals surface area contributed by atoms with Crippen LogP contribution in [0.25, 0.3) is 0 Å². The second-order valence-corrected chi connectivity index (χ2v) is 5.43. The number of rotatable bonds is 4. The highest BCUT2D eigenvalue weighted by Gasteiger charge is 2.43. The summed E-state index contributed by atoms with van der Waals surface area (Å²) < 4.78 is 4.39. The molecule has 2 aliphatic rings. The molecule has 7 heteroatoms. The monoisotopic (exact) mass is 284 g/mol. The molecule has 0 aromatic rings. The van der Waals surface area contributed by atoms with E-state index >= 15 is 0 Å². The molecule has 112 valence electrons. The predicted molar refractivity (Wildman–Crippen MR) is 69.0 cm³/mol. The highest BCUT2D eigenvalue weighted by Crippen LogP contribution is 2.40. The van der Waals surface area contributed by atoms with Gasteiger partial charge in [0.05, 0.1) is 7.11 Å². The highest BCUT2D eigenvalue weighted by atomic mass is 16.5. The van der Waals surface area contributed by atoms with Crippen LogP contribution in [0.5, 0.6) is 0 Å². The molecule has 0 aromatic carbocycles. The van der Waals surface area contributed by atoms with Gasteiger partial charge in [-0.1, -0.05) is 19.3 Å². The molecule has 20 heavy (non-hydrogen) atoms. The zero-order valence-corrected chi connectivity index (χ0v) is 11.5. The van der Waals surface area contributed by atoms with E-state index in [9.17, 15) is 19.5 Å². The van der Waals surface area contributed by atoms with Crippen molar-refractivity contribution in [1.82, 2.24) is 10.2 Å². The van der Waals surface area contributed by atoms with Gasteiger partial charge < -0.3 is 20.1 Å². The lowest BCUT2D eigenvalue weighted by Crippen LogP contribution is -2.45. The Morgan fingerprint density at radius 2 is 2.00 bits per heavy atom. The van der Waals surface area contributed by atoms with Crippen molar-refractivity contribution in [3.63, 3.8) is 0 Å². The molecule has 1 saturated heterocycles. The number of nitrogens with zero attached hydrogens (tertiary/aromatic N) is 1. The summed E-state index contributed by atoms with van der Waals surface area (Å²) >= 11 is 0.